The van der Waals surface area contributed by atoms with Gasteiger partial charge in [-0.1, -0.05) is 20.3 Å². The van der Waals surface area contributed by atoms with Gasteiger partial charge in [0.05, 0.1) is 0 Å². The highest BCUT2D eigenvalue weighted by Crippen LogP contribution is 2.16. The van der Waals surface area contributed by atoms with Gasteiger partial charge < -0.3 is 0 Å². The average Bonchev–Trinajstić information content (AvgIpc) is 2.00. The van der Waals surface area contributed by atoms with E-state index in [1.165, 1.54) is 0 Å². The Balaban J connectivity index is 3.67. The summed E-state index contributed by atoms with van der Waals surface area (Å²) in [5, 5.41) is 0. The summed E-state index contributed by atoms with van der Waals surface area (Å²) in [6.45, 7) is 7.60. The molecule has 3 heteroatoms. The van der Waals surface area contributed by atoms with Gasteiger partial charge in [0, 0.05) is 6.42 Å². The van der Waals surface area contributed by atoms with Crippen LogP contribution in [0, 0.1) is 0 Å². The van der Waals surface area contributed by atoms with E-state index in [-0.39, 0.29) is 11.6 Å². The third-order valence-corrected chi connectivity index (χ3v) is 1.50. The molecule has 0 aromatic rings. The van der Waals surface area contributed by atoms with Crippen molar-refractivity contribution in [3.63, 3.8) is 0 Å². The Labute approximate surface area is 74.0 Å². The van der Waals surface area contributed by atoms with Gasteiger partial charge in [-0.15, -0.1) is 0 Å². The molecule has 0 radical (unpaired) electrons. The minimum Gasteiger partial charge on any atom is -0.298 e. The van der Waals surface area contributed by atoms with Crippen molar-refractivity contribution in [3.05, 3.63) is 0 Å². The highest BCUT2D eigenvalue weighted by molar-refractivity contribution is 5.68. The Kier molecular flexibility index (Phi) is 4.90. The molecule has 0 aromatic carbocycles. The molecular formula is C9H18O3. The molecule has 72 valence electrons. The lowest BCUT2D eigenvalue weighted by Gasteiger charge is -2.21. The molecule has 0 heterocycles. The smallest absolute Gasteiger partial charge is 0.298 e. The van der Waals surface area contributed by atoms with Crippen LogP contribution in [0.2, 0.25) is 0 Å². The lowest BCUT2D eigenvalue weighted by Crippen LogP contribution is -2.25. The van der Waals surface area contributed by atoms with Crippen molar-refractivity contribution in [2.75, 3.05) is 0 Å². The van der Waals surface area contributed by atoms with Gasteiger partial charge in [-0.05, 0) is 20.3 Å². The molecule has 0 rings (SSSR count). The van der Waals surface area contributed by atoms with Crippen LogP contribution in [0.5, 0.6) is 0 Å². The van der Waals surface area contributed by atoms with E-state index < -0.39 is 0 Å². The minimum absolute atomic E-state index is 0.320. The Morgan fingerprint density at radius 3 is 2.33 bits per heavy atom. The third kappa shape index (κ3) is 5.13. The van der Waals surface area contributed by atoms with E-state index in [0.29, 0.717) is 6.42 Å². The summed E-state index contributed by atoms with van der Waals surface area (Å²) < 4.78 is 0. The molecule has 0 atom stereocenters. The molecule has 0 amide bonds. The number of rotatable bonds is 5. The summed E-state index contributed by atoms with van der Waals surface area (Å²) in [5.74, 6) is -0.320. The summed E-state index contributed by atoms with van der Waals surface area (Å²) in [5.41, 5.74) is -0.362. The zero-order valence-corrected chi connectivity index (χ0v) is 8.35. The molecule has 0 unspecified atom stereocenters. The number of carbonyl (C=O) groups is 1. The van der Waals surface area contributed by atoms with E-state index in [4.69, 9.17) is 4.89 Å². The second kappa shape index (κ2) is 5.14. The van der Waals surface area contributed by atoms with E-state index in [2.05, 4.69) is 11.8 Å². The van der Waals surface area contributed by atoms with Crippen LogP contribution < -0.4 is 0 Å². The first-order valence-corrected chi connectivity index (χ1v) is 4.40. The summed E-state index contributed by atoms with van der Waals surface area (Å²) in [6, 6.07) is 0. The molecule has 12 heavy (non-hydrogen) atoms. The zero-order valence-electron chi connectivity index (χ0n) is 8.35. The van der Waals surface area contributed by atoms with Gasteiger partial charge in [-0.3, -0.25) is 4.89 Å². The van der Waals surface area contributed by atoms with Crippen molar-refractivity contribution in [1.82, 2.24) is 0 Å². The highest BCUT2D eigenvalue weighted by atomic mass is 17.2. The maximum atomic E-state index is 10.7. The summed E-state index contributed by atoms with van der Waals surface area (Å²) >= 11 is 0. The molecule has 0 saturated carbocycles. The zero-order chi connectivity index (χ0) is 9.61. The molecule has 0 fully saturated rings. The number of hydrogen-bond acceptors (Lipinski definition) is 3. The lowest BCUT2D eigenvalue weighted by molar-refractivity contribution is -0.326. The van der Waals surface area contributed by atoms with E-state index in [1.807, 2.05) is 13.8 Å². The van der Waals surface area contributed by atoms with Crippen LogP contribution in [-0.4, -0.2) is 11.6 Å². The van der Waals surface area contributed by atoms with Gasteiger partial charge in [0.15, 0.2) is 0 Å². The Hall–Kier alpha value is -0.570. The molecule has 3 nitrogen and oxygen atoms in total. The summed E-state index contributed by atoms with van der Waals surface area (Å²) in [7, 11) is 0. The van der Waals surface area contributed by atoms with Crippen LogP contribution in [0.3, 0.4) is 0 Å². The predicted octanol–water partition coefficient (Wildman–Crippen LogP) is 2.45. The monoisotopic (exact) mass is 174 g/mol. The average molecular weight is 174 g/mol. The molecule has 0 aliphatic rings. The molecule has 0 saturated heterocycles. The van der Waals surface area contributed by atoms with Crippen molar-refractivity contribution in [2.24, 2.45) is 0 Å². The number of carbonyl (C=O) groups excluding carboxylic acids is 1. The van der Waals surface area contributed by atoms with Crippen molar-refractivity contribution in [3.8, 4) is 0 Å². The van der Waals surface area contributed by atoms with E-state index in [0.717, 1.165) is 12.8 Å². The van der Waals surface area contributed by atoms with Crippen LogP contribution in [0.4, 0.5) is 0 Å². The van der Waals surface area contributed by atoms with Crippen molar-refractivity contribution in [1.29, 1.82) is 0 Å². The van der Waals surface area contributed by atoms with E-state index in [9.17, 15) is 4.79 Å². The highest BCUT2D eigenvalue weighted by Gasteiger charge is 2.20. The van der Waals surface area contributed by atoms with Gasteiger partial charge >= 0.3 is 5.97 Å². The predicted molar refractivity (Wildman–Crippen MR) is 46.5 cm³/mol. The van der Waals surface area contributed by atoms with E-state index in [1.54, 1.807) is 6.92 Å². The molecule has 0 bridgehead atoms. The first-order chi connectivity index (χ1) is 5.52. The first kappa shape index (κ1) is 11.4. The van der Waals surface area contributed by atoms with Crippen molar-refractivity contribution < 1.29 is 14.6 Å². The third-order valence-electron chi connectivity index (χ3n) is 1.50. The quantitative estimate of drug-likeness (QED) is 0.474. The largest absolute Gasteiger partial charge is 0.342 e. The van der Waals surface area contributed by atoms with Crippen LogP contribution in [0.15, 0.2) is 0 Å². The Bertz CT molecular complexity index is 141. The maximum Gasteiger partial charge on any atom is 0.342 e. The van der Waals surface area contributed by atoms with Crippen LogP contribution in [0.1, 0.15) is 47.0 Å². The van der Waals surface area contributed by atoms with E-state index >= 15 is 0 Å². The molecule has 0 N–H and O–H groups in total. The molecular weight excluding hydrogens is 156 g/mol. The van der Waals surface area contributed by atoms with Crippen molar-refractivity contribution >= 4 is 5.97 Å². The fourth-order valence-corrected chi connectivity index (χ4v) is 0.862. The summed E-state index contributed by atoms with van der Waals surface area (Å²) in [6.07, 6.45) is 2.24. The second-order valence-corrected chi connectivity index (χ2v) is 3.40. The SMILES string of the molecule is CCCC(C)(C)OOC(=O)CC. The standard InChI is InChI=1S/C9H18O3/c1-5-7-9(3,4)12-11-8(10)6-2/h5-7H2,1-4H3. The maximum absolute atomic E-state index is 10.7. The van der Waals surface area contributed by atoms with Crippen LogP contribution in [-0.2, 0) is 14.6 Å². The topological polar surface area (TPSA) is 35.5 Å². The van der Waals surface area contributed by atoms with Gasteiger partial charge in [-0.25, -0.2) is 4.79 Å². The Morgan fingerprint density at radius 1 is 1.33 bits per heavy atom. The summed E-state index contributed by atoms with van der Waals surface area (Å²) in [4.78, 5) is 20.3. The fourth-order valence-electron chi connectivity index (χ4n) is 0.862. The normalized spacial score (nSPS) is 11.3. The van der Waals surface area contributed by atoms with Gasteiger partial charge in [-0.2, -0.15) is 4.89 Å². The van der Waals surface area contributed by atoms with Crippen molar-refractivity contribution in [2.45, 2.75) is 52.6 Å². The fraction of sp³-hybridized carbons (Fsp3) is 0.889. The van der Waals surface area contributed by atoms with Gasteiger partial charge in [0.25, 0.3) is 0 Å². The van der Waals surface area contributed by atoms with Crippen LogP contribution >= 0.6 is 0 Å². The molecule has 0 aliphatic heterocycles. The lowest BCUT2D eigenvalue weighted by atomic mass is 10.0. The Morgan fingerprint density at radius 2 is 1.92 bits per heavy atom. The number of hydrogen-bond donors (Lipinski definition) is 0. The second-order valence-electron chi connectivity index (χ2n) is 3.40. The minimum atomic E-state index is -0.362. The first-order valence-electron chi connectivity index (χ1n) is 4.40. The van der Waals surface area contributed by atoms with Crippen LogP contribution in [0.25, 0.3) is 0 Å². The molecule has 0 aliphatic carbocycles. The molecule has 0 aromatic heterocycles. The van der Waals surface area contributed by atoms with Gasteiger partial charge in [0.2, 0.25) is 0 Å². The van der Waals surface area contributed by atoms with Gasteiger partial charge in [0.1, 0.15) is 5.60 Å². The molecule has 0 spiro atoms.